The van der Waals surface area contributed by atoms with E-state index in [-0.39, 0.29) is 23.5 Å². The van der Waals surface area contributed by atoms with E-state index in [1.807, 2.05) is 25.1 Å². The average Bonchev–Trinajstić information content (AvgIpc) is 3.57. The quantitative estimate of drug-likeness (QED) is 0.506. The molecular formula is C24H26FN3O4S2. The van der Waals surface area contributed by atoms with Crippen LogP contribution in [0.4, 0.5) is 9.52 Å². The van der Waals surface area contributed by atoms with Crippen molar-refractivity contribution in [2.45, 2.75) is 49.6 Å². The van der Waals surface area contributed by atoms with Crippen LogP contribution in [0.25, 0.3) is 10.2 Å². The third-order valence-corrected chi connectivity index (χ3v) is 9.31. The second-order valence-electron chi connectivity index (χ2n) is 8.78. The standard InChI is InChI=1S/C24H26FN3O4S2/c1-16-6-11-20-22(14-16)33-24(26-20)27(15-18-4-3-13-32-18)23(29)21-5-2-12-28(21)34(30,31)19-9-7-17(25)8-10-19/h6-11,14,18,21H,2-5,12-13,15H2,1H3. The van der Waals surface area contributed by atoms with Crippen molar-refractivity contribution >= 4 is 42.6 Å². The van der Waals surface area contributed by atoms with Gasteiger partial charge < -0.3 is 4.74 Å². The van der Waals surface area contributed by atoms with Gasteiger partial charge in [0.05, 0.1) is 27.8 Å². The van der Waals surface area contributed by atoms with Crippen LogP contribution in [0.3, 0.4) is 0 Å². The number of fused-ring (bicyclic) bond motifs is 1. The molecule has 34 heavy (non-hydrogen) atoms. The van der Waals surface area contributed by atoms with Crippen LogP contribution in [-0.2, 0) is 19.6 Å². The zero-order chi connectivity index (χ0) is 23.9. The average molecular weight is 504 g/mol. The van der Waals surface area contributed by atoms with Crippen molar-refractivity contribution < 1.29 is 22.3 Å². The normalized spacial score (nSPS) is 21.4. The molecule has 0 spiro atoms. The summed E-state index contributed by atoms with van der Waals surface area (Å²) >= 11 is 1.43. The molecule has 7 nitrogen and oxygen atoms in total. The molecule has 0 bridgehead atoms. The van der Waals surface area contributed by atoms with Gasteiger partial charge in [-0.1, -0.05) is 17.4 Å². The fraction of sp³-hybridized carbons (Fsp3) is 0.417. The van der Waals surface area contributed by atoms with Crippen molar-refractivity contribution in [3.05, 3.63) is 53.8 Å². The van der Waals surface area contributed by atoms with Gasteiger partial charge in [0.15, 0.2) is 5.13 Å². The van der Waals surface area contributed by atoms with Crippen LogP contribution in [0.1, 0.15) is 31.2 Å². The number of anilines is 1. The number of ether oxygens (including phenoxy) is 1. The molecule has 1 aromatic heterocycles. The number of sulfonamides is 1. The summed E-state index contributed by atoms with van der Waals surface area (Å²) in [6.45, 7) is 3.23. The van der Waals surface area contributed by atoms with Gasteiger partial charge in [0.1, 0.15) is 11.9 Å². The molecule has 0 N–H and O–H groups in total. The van der Waals surface area contributed by atoms with Gasteiger partial charge in [-0.05, 0) is 74.6 Å². The first-order chi connectivity index (χ1) is 16.3. The number of aryl methyl sites for hydroxylation is 1. The fourth-order valence-corrected chi connectivity index (χ4v) is 7.32. The Hall–Kier alpha value is -2.40. The van der Waals surface area contributed by atoms with Gasteiger partial charge in [0.2, 0.25) is 15.9 Å². The lowest BCUT2D eigenvalue weighted by Gasteiger charge is -2.29. The van der Waals surface area contributed by atoms with E-state index in [4.69, 9.17) is 9.72 Å². The number of halogens is 1. The maximum absolute atomic E-state index is 13.9. The predicted molar refractivity (Wildman–Crippen MR) is 129 cm³/mol. The van der Waals surface area contributed by atoms with Crippen molar-refractivity contribution in [2.75, 3.05) is 24.6 Å². The number of carbonyl (C=O) groups is 1. The van der Waals surface area contributed by atoms with Crippen LogP contribution in [0.15, 0.2) is 47.4 Å². The Morgan fingerprint density at radius 2 is 2.00 bits per heavy atom. The van der Waals surface area contributed by atoms with Crippen molar-refractivity contribution in [1.29, 1.82) is 0 Å². The maximum Gasteiger partial charge on any atom is 0.247 e. The Kier molecular flexibility index (Phi) is 6.41. The largest absolute Gasteiger partial charge is 0.376 e. The molecular weight excluding hydrogens is 477 g/mol. The van der Waals surface area contributed by atoms with E-state index in [9.17, 15) is 17.6 Å². The fourth-order valence-electron chi connectivity index (χ4n) is 4.59. The molecule has 2 fully saturated rings. The highest BCUT2D eigenvalue weighted by molar-refractivity contribution is 7.89. The third kappa shape index (κ3) is 4.47. The number of carbonyl (C=O) groups excluding carboxylic acids is 1. The molecule has 2 saturated heterocycles. The summed E-state index contributed by atoms with van der Waals surface area (Å²) in [5.74, 6) is -0.809. The second-order valence-corrected chi connectivity index (χ2v) is 11.7. The Bertz CT molecular complexity index is 1300. The molecule has 2 aliphatic rings. The maximum atomic E-state index is 13.9. The van der Waals surface area contributed by atoms with Gasteiger partial charge in [0, 0.05) is 13.2 Å². The van der Waals surface area contributed by atoms with Crippen LogP contribution in [-0.4, -0.2) is 55.5 Å². The highest BCUT2D eigenvalue weighted by Crippen LogP contribution is 2.34. The lowest BCUT2D eigenvalue weighted by atomic mass is 10.2. The van der Waals surface area contributed by atoms with Crippen LogP contribution >= 0.6 is 11.3 Å². The number of benzene rings is 2. The van der Waals surface area contributed by atoms with E-state index >= 15 is 0 Å². The third-order valence-electron chi connectivity index (χ3n) is 6.35. The predicted octanol–water partition coefficient (Wildman–Crippen LogP) is 4.11. The Balaban J connectivity index is 1.48. The van der Waals surface area contributed by atoms with Crippen LogP contribution in [0.5, 0.6) is 0 Å². The monoisotopic (exact) mass is 503 g/mol. The first-order valence-electron chi connectivity index (χ1n) is 11.4. The zero-order valence-electron chi connectivity index (χ0n) is 18.8. The summed E-state index contributed by atoms with van der Waals surface area (Å²) in [6, 6.07) is 9.82. The smallest absolute Gasteiger partial charge is 0.247 e. The molecule has 0 saturated carbocycles. The van der Waals surface area contributed by atoms with Gasteiger partial charge in [-0.25, -0.2) is 17.8 Å². The molecule has 10 heteroatoms. The first kappa shape index (κ1) is 23.3. The number of amides is 1. The second kappa shape index (κ2) is 9.33. The minimum Gasteiger partial charge on any atom is -0.376 e. The zero-order valence-corrected chi connectivity index (χ0v) is 20.4. The minimum absolute atomic E-state index is 0.0188. The van der Waals surface area contributed by atoms with Gasteiger partial charge in [-0.15, -0.1) is 0 Å². The molecule has 3 heterocycles. The lowest BCUT2D eigenvalue weighted by Crippen LogP contribution is -2.49. The number of rotatable bonds is 6. The van der Waals surface area contributed by atoms with Crippen LogP contribution in [0.2, 0.25) is 0 Å². The summed E-state index contributed by atoms with van der Waals surface area (Å²) in [5.41, 5.74) is 1.91. The molecule has 0 radical (unpaired) electrons. The summed E-state index contributed by atoms with van der Waals surface area (Å²) in [7, 11) is -3.95. The number of hydrogen-bond donors (Lipinski definition) is 0. The Labute approximate surface area is 202 Å². The first-order valence-corrected chi connectivity index (χ1v) is 13.7. The molecule has 180 valence electrons. The van der Waals surface area contributed by atoms with Gasteiger partial charge >= 0.3 is 0 Å². The van der Waals surface area contributed by atoms with Crippen molar-refractivity contribution in [3.63, 3.8) is 0 Å². The molecule has 2 atom stereocenters. The summed E-state index contributed by atoms with van der Waals surface area (Å²) < 4.78 is 48.1. The van der Waals surface area contributed by atoms with E-state index in [0.717, 1.165) is 40.8 Å². The Morgan fingerprint density at radius 3 is 2.74 bits per heavy atom. The van der Waals surface area contributed by atoms with Gasteiger partial charge in [-0.3, -0.25) is 9.69 Å². The lowest BCUT2D eigenvalue weighted by molar-refractivity contribution is -0.122. The molecule has 2 aromatic carbocycles. The molecule has 5 rings (SSSR count). The molecule has 3 aromatic rings. The van der Waals surface area contributed by atoms with E-state index in [1.54, 1.807) is 4.90 Å². The summed E-state index contributed by atoms with van der Waals surface area (Å²) in [4.78, 5) is 20.2. The Morgan fingerprint density at radius 1 is 1.21 bits per heavy atom. The van der Waals surface area contributed by atoms with E-state index in [0.29, 0.717) is 31.1 Å². The summed E-state index contributed by atoms with van der Waals surface area (Å²) in [5, 5.41) is 0.548. The minimum atomic E-state index is -3.95. The van der Waals surface area contributed by atoms with E-state index in [2.05, 4.69) is 0 Å². The molecule has 1 amide bonds. The van der Waals surface area contributed by atoms with Crippen molar-refractivity contribution in [2.24, 2.45) is 0 Å². The number of thiazole rings is 1. The molecule has 0 aliphatic carbocycles. The molecule has 2 unspecified atom stereocenters. The van der Waals surface area contributed by atoms with Gasteiger partial charge in [-0.2, -0.15) is 4.31 Å². The SMILES string of the molecule is Cc1ccc2nc(N(CC3CCCO3)C(=O)C3CCCN3S(=O)(=O)c3ccc(F)cc3)sc2c1. The number of nitrogens with zero attached hydrogens (tertiary/aromatic N) is 3. The van der Waals surface area contributed by atoms with Gasteiger partial charge in [0.25, 0.3) is 0 Å². The highest BCUT2D eigenvalue weighted by Gasteiger charge is 2.42. The van der Waals surface area contributed by atoms with Crippen molar-refractivity contribution in [3.8, 4) is 0 Å². The van der Waals surface area contributed by atoms with E-state index in [1.165, 1.54) is 27.8 Å². The van der Waals surface area contributed by atoms with Crippen molar-refractivity contribution in [1.82, 2.24) is 9.29 Å². The van der Waals surface area contributed by atoms with E-state index < -0.39 is 21.9 Å². The topological polar surface area (TPSA) is 79.8 Å². The highest BCUT2D eigenvalue weighted by atomic mass is 32.2. The summed E-state index contributed by atoms with van der Waals surface area (Å²) in [6.07, 6.45) is 2.66. The van der Waals surface area contributed by atoms with Crippen LogP contribution < -0.4 is 4.90 Å². The molecule has 2 aliphatic heterocycles. The number of hydrogen-bond acceptors (Lipinski definition) is 6. The van der Waals surface area contributed by atoms with Crippen LogP contribution in [0, 0.1) is 12.7 Å². The number of aromatic nitrogens is 1.